The molecule has 31 heavy (non-hydrogen) atoms. The second kappa shape index (κ2) is 9.76. The molecular formula is C24H24N4O2S. The van der Waals surface area contributed by atoms with Gasteiger partial charge in [-0.05, 0) is 53.6 Å². The van der Waals surface area contributed by atoms with Gasteiger partial charge in [0.05, 0.1) is 5.92 Å². The molecule has 0 saturated carbocycles. The average molecular weight is 433 g/mol. The van der Waals surface area contributed by atoms with Crippen LogP contribution in [0.15, 0.2) is 78.0 Å². The van der Waals surface area contributed by atoms with E-state index in [0.29, 0.717) is 17.8 Å². The van der Waals surface area contributed by atoms with Crippen LogP contribution in [0.25, 0.3) is 0 Å². The number of nitrogens with one attached hydrogen (secondary N) is 2. The molecule has 2 amide bonds. The van der Waals surface area contributed by atoms with E-state index in [0.717, 1.165) is 23.3 Å². The first kappa shape index (κ1) is 21.1. The largest absolute Gasteiger partial charge is 0.354 e. The number of nitrogens with zero attached hydrogens (tertiary/aromatic N) is 1. The highest BCUT2D eigenvalue weighted by Gasteiger charge is 2.26. The molecule has 7 heteroatoms. The van der Waals surface area contributed by atoms with Crippen molar-refractivity contribution in [3.63, 3.8) is 0 Å². The Morgan fingerprint density at radius 1 is 1.06 bits per heavy atom. The number of rotatable bonds is 6. The third-order valence-corrected chi connectivity index (χ3v) is 6.43. The van der Waals surface area contributed by atoms with Crippen LogP contribution in [0.1, 0.15) is 39.9 Å². The van der Waals surface area contributed by atoms with Crippen molar-refractivity contribution in [2.75, 3.05) is 17.6 Å². The molecule has 4 rings (SSSR count). The van der Waals surface area contributed by atoms with Crippen molar-refractivity contribution in [1.82, 2.24) is 10.3 Å². The zero-order valence-electron chi connectivity index (χ0n) is 17.0. The summed E-state index contributed by atoms with van der Waals surface area (Å²) in [5, 5.41) is 5.83. The standard InChI is InChI=1S/C24H24N4O2S/c25-21(15-27-24(30)20-11-14-31-22-4-2-1-3-19(20)22)16-5-7-17(8-6-16)23(29)28-18-9-12-26-13-10-18/h1-10,12-13,20-21H,11,14-15,25H2,(H,27,30)(H,26,28,29). The Bertz CT molecular complexity index is 1060. The molecule has 6 nitrogen and oxygen atoms in total. The van der Waals surface area contributed by atoms with Gasteiger partial charge in [-0.2, -0.15) is 0 Å². The monoisotopic (exact) mass is 432 g/mol. The molecule has 158 valence electrons. The molecule has 0 saturated heterocycles. The normalized spacial score (nSPS) is 16.1. The van der Waals surface area contributed by atoms with E-state index in [4.69, 9.17) is 5.73 Å². The zero-order valence-corrected chi connectivity index (χ0v) is 17.8. The summed E-state index contributed by atoms with van der Waals surface area (Å²) in [5.41, 5.74) is 9.47. The van der Waals surface area contributed by atoms with Crippen molar-refractivity contribution >= 4 is 29.3 Å². The third-order valence-electron chi connectivity index (χ3n) is 5.31. The second-order valence-electron chi connectivity index (χ2n) is 7.39. The molecule has 2 unspecified atom stereocenters. The van der Waals surface area contributed by atoms with Crippen molar-refractivity contribution < 1.29 is 9.59 Å². The number of hydrogen-bond acceptors (Lipinski definition) is 5. The maximum Gasteiger partial charge on any atom is 0.255 e. The number of carbonyl (C=O) groups is 2. The van der Waals surface area contributed by atoms with Gasteiger partial charge in [-0.1, -0.05) is 30.3 Å². The van der Waals surface area contributed by atoms with Gasteiger partial charge in [-0.25, -0.2) is 0 Å². The van der Waals surface area contributed by atoms with Crippen LogP contribution in [-0.4, -0.2) is 29.1 Å². The number of carbonyl (C=O) groups excluding carboxylic acids is 2. The maximum atomic E-state index is 12.8. The molecule has 2 heterocycles. The number of thioether (sulfide) groups is 1. The Hall–Kier alpha value is -3.16. The van der Waals surface area contributed by atoms with Crippen molar-refractivity contribution in [3.8, 4) is 0 Å². The SMILES string of the molecule is NC(CNC(=O)C1CCSc2ccccc21)c1ccc(C(=O)Nc2ccncc2)cc1. The Kier molecular flexibility index (Phi) is 6.64. The lowest BCUT2D eigenvalue weighted by Crippen LogP contribution is -2.36. The number of anilines is 1. The first-order valence-electron chi connectivity index (χ1n) is 10.2. The number of aromatic nitrogens is 1. The van der Waals surface area contributed by atoms with E-state index in [-0.39, 0.29) is 23.8 Å². The second-order valence-corrected chi connectivity index (χ2v) is 8.53. The van der Waals surface area contributed by atoms with Gasteiger partial charge in [-0.3, -0.25) is 14.6 Å². The minimum absolute atomic E-state index is 0.0107. The fraction of sp³-hybridized carbons (Fsp3) is 0.208. The fourth-order valence-electron chi connectivity index (χ4n) is 3.59. The Labute approximate surface area is 185 Å². The molecule has 0 fully saturated rings. The number of hydrogen-bond donors (Lipinski definition) is 3. The minimum Gasteiger partial charge on any atom is -0.354 e. The fourth-order valence-corrected chi connectivity index (χ4v) is 4.71. The highest BCUT2D eigenvalue weighted by atomic mass is 32.2. The lowest BCUT2D eigenvalue weighted by molar-refractivity contribution is -0.122. The highest BCUT2D eigenvalue weighted by Crippen LogP contribution is 2.37. The van der Waals surface area contributed by atoms with Crippen LogP contribution in [0.2, 0.25) is 0 Å². The number of nitrogens with two attached hydrogens (primary N) is 1. The van der Waals surface area contributed by atoms with Gasteiger partial charge in [0.15, 0.2) is 0 Å². The molecule has 1 aromatic heterocycles. The summed E-state index contributed by atoms with van der Waals surface area (Å²) in [6, 6.07) is 18.3. The Balaban J connectivity index is 1.33. The van der Waals surface area contributed by atoms with Gasteiger partial charge >= 0.3 is 0 Å². The molecule has 0 bridgehead atoms. The van der Waals surface area contributed by atoms with Crippen LogP contribution in [0, 0.1) is 0 Å². The van der Waals surface area contributed by atoms with E-state index < -0.39 is 0 Å². The summed E-state index contributed by atoms with van der Waals surface area (Å²) in [6.45, 7) is 0.340. The third kappa shape index (κ3) is 5.13. The van der Waals surface area contributed by atoms with E-state index in [1.54, 1.807) is 48.4 Å². The maximum absolute atomic E-state index is 12.8. The van der Waals surface area contributed by atoms with E-state index in [1.165, 1.54) is 4.90 Å². The highest BCUT2D eigenvalue weighted by molar-refractivity contribution is 7.99. The van der Waals surface area contributed by atoms with Crippen molar-refractivity contribution in [2.45, 2.75) is 23.3 Å². The van der Waals surface area contributed by atoms with Crippen LogP contribution >= 0.6 is 11.8 Å². The van der Waals surface area contributed by atoms with Crippen LogP contribution in [-0.2, 0) is 4.79 Å². The summed E-state index contributed by atoms with van der Waals surface area (Å²) in [5.74, 6) is 0.610. The Morgan fingerprint density at radius 3 is 2.58 bits per heavy atom. The molecule has 0 radical (unpaired) electrons. The number of pyridine rings is 1. The van der Waals surface area contributed by atoms with Crippen molar-refractivity contribution in [3.05, 3.63) is 89.7 Å². The molecule has 0 aliphatic carbocycles. The van der Waals surface area contributed by atoms with Gasteiger partial charge in [0.25, 0.3) is 5.91 Å². The van der Waals surface area contributed by atoms with Crippen molar-refractivity contribution in [2.24, 2.45) is 5.73 Å². The molecule has 2 aromatic carbocycles. The van der Waals surface area contributed by atoms with Gasteiger partial charge < -0.3 is 16.4 Å². The molecule has 4 N–H and O–H groups in total. The van der Waals surface area contributed by atoms with Gasteiger partial charge in [-0.15, -0.1) is 11.8 Å². The summed E-state index contributed by atoms with van der Waals surface area (Å²) in [7, 11) is 0. The Morgan fingerprint density at radius 2 is 1.81 bits per heavy atom. The smallest absolute Gasteiger partial charge is 0.255 e. The molecular weight excluding hydrogens is 408 g/mol. The number of amides is 2. The molecule has 3 aromatic rings. The molecule has 1 aliphatic rings. The van der Waals surface area contributed by atoms with Crippen molar-refractivity contribution in [1.29, 1.82) is 0 Å². The summed E-state index contributed by atoms with van der Waals surface area (Å²) in [6.07, 6.45) is 4.07. The minimum atomic E-state index is -0.352. The summed E-state index contributed by atoms with van der Waals surface area (Å²) < 4.78 is 0. The van der Waals surface area contributed by atoms with Gasteiger partial charge in [0.1, 0.15) is 0 Å². The van der Waals surface area contributed by atoms with Crippen LogP contribution in [0.3, 0.4) is 0 Å². The van der Waals surface area contributed by atoms with E-state index >= 15 is 0 Å². The first-order valence-corrected chi connectivity index (χ1v) is 11.2. The van der Waals surface area contributed by atoms with E-state index in [9.17, 15) is 9.59 Å². The topological polar surface area (TPSA) is 97.1 Å². The molecule has 2 atom stereocenters. The quantitative estimate of drug-likeness (QED) is 0.551. The number of fused-ring (bicyclic) bond motifs is 1. The zero-order chi connectivity index (χ0) is 21.6. The number of benzene rings is 2. The van der Waals surface area contributed by atoms with E-state index in [2.05, 4.69) is 21.7 Å². The summed E-state index contributed by atoms with van der Waals surface area (Å²) in [4.78, 5) is 30.3. The van der Waals surface area contributed by atoms with Gasteiger partial charge in [0, 0.05) is 41.1 Å². The predicted octanol–water partition coefficient (Wildman–Crippen LogP) is 3.73. The van der Waals surface area contributed by atoms with Crippen LogP contribution in [0.4, 0.5) is 5.69 Å². The predicted molar refractivity (Wildman–Crippen MR) is 123 cm³/mol. The van der Waals surface area contributed by atoms with E-state index in [1.807, 2.05) is 30.3 Å². The first-order chi connectivity index (χ1) is 15.1. The molecule has 0 spiro atoms. The van der Waals surface area contributed by atoms with Crippen LogP contribution < -0.4 is 16.4 Å². The lowest BCUT2D eigenvalue weighted by atomic mass is 9.94. The molecule has 1 aliphatic heterocycles. The van der Waals surface area contributed by atoms with Gasteiger partial charge in [0.2, 0.25) is 5.91 Å². The van der Waals surface area contributed by atoms with Crippen LogP contribution in [0.5, 0.6) is 0 Å². The summed E-state index contributed by atoms with van der Waals surface area (Å²) >= 11 is 1.79. The average Bonchev–Trinajstić information content (AvgIpc) is 2.82. The lowest BCUT2D eigenvalue weighted by Gasteiger charge is -2.25.